The Hall–Kier alpha value is -2.15. The minimum atomic E-state index is -0.599. The van der Waals surface area contributed by atoms with Crippen LogP contribution in [0, 0.1) is 10.1 Å². The SMILES string of the molecule is CCN(CCC(=O)OC)C(=O)c1cc([N+](=O)[O-])ccc1Cl. The van der Waals surface area contributed by atoms with E-state index < -0.39 is 16.8 Å². The van der Waals surface area contributed by atoms with Gasteiger partial charge in [-0.15, -0.1) is 0 Å². The third kappa shape index (κ3) is 4.42. The molecule has 0 aromatic heterocycles. The molecule has 1 aromatic rings. The summed E-state index contributed by atoms with van der Waals surface area (Å²) in [6, 6.07) is 3.66. The van der Waals surface area contributed by atoms with E-state index in [1.54, 1.807) is 6.92 Å². The van der Waals surface area contributed by atoms with Crippen LogP contribution in [0.3, 0.4) is 0 Å². The normalized spacial score (nSPS) is 10.0. The van der Waals surface area contributed by atoms with Crippen LogP contribution in [0.1, 0.15) is 23.7 Å². The molecule has 0 fully saturated rings. The Kier molecular flexibility index (Phi) is 6.10. The summed E-state index contributed by atoms with van der Waals surface area (Å²) in [7, 11) is 1.26. The smallest absolute Gasteiger partial charge is 0.307 e. The molecule has 0 heterocycles. The number of methoxy groups -OCH3 is 1. The summed E-state index contributed by atoms with van der Waals surface area (Å²) >= 11 is 5.93. The van der Waals surface area contributed by atoms with Crippen molar-refractivity contribution < 1.29 is 19.2 Å². The molecule has 8 heteroatoms. The number of benzene rings is 1. The van der Waals surface area contributed by atoms with Crippen LogP contribution >= 0.6 is 11.6 Å². The Balaban J connectivity index is 2.96. The van der Waals surface area contributed by atoms with Crippen molar-refractivity contribution in [2.24, 2.45) is 0 Å². The molecule has 1 aromatic carbocycles. The van der Waals surface area contributed by atoms with Crippen molar-refractivity contribution in [3.63, 3.8) is 0 Å². The summed E-state index contributed by atoms with van der Waals surface area (Å²) in [6.07, 6.45) is 0.0443. The van der Waals surface area contributed by atoms with Crippen LogP contribution in [-0.4, -0.2) is 41.9 Å². The van der Waals surface area contributed by atoms with Crippen LogP contribution in [0.2, 0.25) is 5.02 Å². The number of amides is 1. The third-order valence-corrected chi connectivity index (χ3v) is 3.20. The maximum absolute atomic E-state index is 12.3. The second-order valence-corrected chi connectivity index (χ2v) is 4.54. The van der Waals surface area contributed by atoms with Gasteiger partial charge in [0.15, 0.2) is 0 Å². The van der Waals surface area contributed by atoms with Crippen LogP contribution < -0.4 is 0 Å². The third-order valence-electron chi connectivity index (χ3n) is 2.87. The fourth-order valence-electron chi connectivity index (χ4n) is 1.69. The number of carbonyl (C=O) groups excluding carboxylic acids is 2. The quantitative estimate of drug-likeness (QED) is 0.456. The fraction of sp³-hybridized carbons (Fsp3) is 0.385. The average molecular weight is 315 g/mol. The summed E-state index contributed by atoms with van der Waals surface area (Å²) in [5.41, 5.74) is -0.177. The highest BCUT2D eigenvalue weighted by Gasteiger charge is 2.21. The molecule has 0 aliphatic heterocycles. The van der Waals surface area contributed by atoms with Crippen molar-refractivity contribution in [1.29, 1.82) is 0 Å². The minimum absolute atomic E-state index is 0.0394. The lowest BCUT2D eigenvalue weighted by Crippen LogP contribution is -2.33. The summed E-state index contributed by atoms with van der Waals surface area (Å²) in [4.78, 5) is 35.0. The fourth-order valence-corrected chi connectivity index (χ4v) is 1.89. The second kappa shape index (κ2) is 7.58. The lowest BCUT2D eigenvalue weighted by Gasteiger charge is -2.20. The molecular formula is C13H15ClN2O5. The van der Waals surface area contributed by atoms with Gasteiger partial charge in [-0.25, -0.2) is 0 Å². The lowest BCUT2D eigenvalue weighted by atomic mass is 10.1. The molecule has 114 valence electrons. The number of nitro benzene ring substituents is 1. The van der Waals surface area contributed by atoms with Gasteiger partial charge in [0, 0.05) is 25.2 Å². The zero-order chi connectivity index (χ0) is 16.0. The van der Waals surface area contributed by atoms with Gasteiger partial charge < -0.3 is 9.64 Å². The van der Waals surface area contributed by atoms with Crippen molar-refractivity contribution >= 4 is 29.2 Å². The number of non-ortho nitro benzene ring substituents is 1. The van der Waals surface area contributed by atoms with E-state index in [1.807, 2.05) is 0 Å². The maximum Gasteiger partial charge on any atom is 0.307 e. The van der Waals surface area contributed by atoms with E-state index in [9.17, 15) is 19.7 Å². The molecule has 7 nitrogen and oxygen atoms in total. The molecule has 0 aliphatic rings. The summed E-state index contributed by atoms with van der Waals surface area (Å²) in [6.45, 7) is 2.23. The van der Waals surface area contributed by atoms with Gasteiger partial charge >= 0.3 is 5.97 Å². The first kappa shape index (κ1) is 16.9. The Morgan fingerprint density at radius 1 is 1.43 bits per heavy atom. The molecule has 0 aliphatic carbocycles. The van der Waals surface area contributed by atoms with Gasteiger partial charge in [-0.2, -0.15) is 0 Å². The second-order valence-electron chi connectivity index (χ2n) is 4.13. The number of ether oxygens (including phenoxy) is 1. The zero-order valence-corrected chi connectivity index (χ0v) is 12.4. The number of rotatable bonds is 6. The topological polar surface area (TPSA) is 89.8 Å². The Morgan fingerprint density at radius 2 is 2.10 bits per heavy atom. The van der Waals surface area contributed by atoms with E-state index in [1.165, 1.54) is 24.1 Å². The monoisotopic (exact) mass is 314 g/mol. The molecule has 21 heavy (non-hydrogen) atoms. The Bertz CT molecular complexity index is 561. The van der Waals surface area contributed by atoms with Crippen LogP contribution in [0.25, 0.3) is 0 Å². The Labute approximate surface area is 126 Å². The number of hydrogen-bond acceptors (Lipinski definition) is 5. The molecule has 0 saturated carbocycles. The van der Waals surface area contributed by atoms with Crippen LogP contribution in [-0.2, 0) is 9.53 Å². The number of carbonyl (C=O) groups is 2. The van der Waals surface area contributed by atoms with E-state index in [0.29, 0.717) is 6.54 Å². The molecule has 0 saturated heterocycles. The first-order valence-electron chi connectivity index (χ1n) is 6.20. The molecular weight excluding hydrogens is 300 g/mol. The molecule has 0 unspecified atom stereocenters. The number of esters is 1. The molecule has 1 amide bonds. The minimum Gasteiger partial charge on any atom is -0.469 e. The van der Waals surface area contributed by atoms with Crippen LogP contribution in [0.5, 0.6) is 0 Å². The van der Waals surface area contributed by atoms with Gasteiger partial charge in [0.05, 0.1) is 29.0 Å². The average Bonchev–Trinajstić information content (AvgIpc) is 2.47. The van der Waals surface area contributed by atoms with Gasteiger partial charge in [0.1, 0.15) is 0 Å². The number of halogens is 1. The predicted molar refractivity (Wildman–Crippen MR) is 76.3 cm³/mol. The van der Waals surface area contributed by atoms with Crippen molar-refractivity contribution in [1.82, 2.24) is 4.90 Å². The number of hydrogen-bond donors (Lipinski definition) is 0. The number of nitro groups is 1. The highest BCUT2D eigenvalue weighted by Crippen LogP contribution is 2.23. The lowest BCUT2D eigenvalue weighted by molar-refractivity contribution is -0.384. The maximum atomic E-state index is 12.3. The number of nitrogens with zero attached hydrogens (tertiary/aromatic N) is 2. The highest BCUT2D eigenvalue weighted by atomic mass is 35.5. The van der Waals surface area contributed by atoms with Crippen LogP contribution in [0.4, 0.5) is 5.69 Å². The molecule has 0 bridgehead atoms. The summed E-state index contributed by atoms with van der Waals surface area (Å²) in [5, 5.41) is 10.9. The van der Waals surface area contributed by atoms with Gasteiger partial charge in [0.25, 0.3) is 11.6 Å². The molecule has 0 atom stereocenters. The molecule has 1 rings (SSSR count). The van der Waals surface area contributed by atoms with E-state index >= 15 is 0 Å². The van der Waals surface area contributed by atoms with Gasteiger partial charge in [-0.1, -0.05) is 11.6 Å². The summed E-state index contributed by atoms with van der Waals surface area (Å²) in [5.74, 6) is -0.901. The highest BCUT2D eigenvalue weighted by molar-refractivity contribution is 6.33. The summed E-state index contributed by atoms with van der Waals surface area (Å²) < 4.78 is 4.51. The van der Waals surface area contributed by atoms with E-state index in [4.69, 9.17) is 11.6 Å². The largest absolute Gasteiger partial charge is 0.469 e. The first-order valence-corrected chi connectivity index (χ1v) is 6.58. The van der Waals surface area contributed by atoms with Crippen molar-refractivity contribution in [3.05, 3.63) is 38.9 Å². The van der Waals surface area contributed by atoms with E-state index in [0.717, 1.165) is 6.07 Å². The van der Waals surface area contributed by atoms with E-state index in [-0.39, 0.29) is 29.2 Å². The van der Waals surface area contributed by atoms with Gasteiger partial charge in [-0.3, -0.25) is 19.7 Å². The Morgan fingerprint density at radius 3 is 2.62 bits per heavy atom. The van der Waals surface area contributed by atoms with E-state index in [2.05, 4.69) is 4.74 Å². The van der Waals surface area contributed by atoms with Crippen LogP contribution in [0.15, 0.2) is 18.2 Å². The first-order chi connectivity index (χ1) is 9.90. The standard InChI is InChI=1S/C13H15ClN2O5/c1-3-15(7-6-12(17)21-2)13(18)10-8-9(16(19)20)4-5-11(10)14/h4-5,8H,3,6-7H2,1-2H3. The van der Waals surface area contributed by atoms with Gasteiger partial charge in [0.2, 0.25) is 0 Å². The van der Waals surface area contributed by atoms with Crippen molar-refractivity contribution in [3.8, 4) is 0 Å². The van der Waals surface area contributed by atoms with Gasteiger partial charge in [-0.05, 0) is 13.0 Å². The molecule has 0 spiro atoms. The molecule has 0 radical (unpaired) electrons. The van der Waals surface area contributed by atoms with Crippen molar-refractivity contribution in [2.75, 3.05) is 20.2 Å². The zero-order valence-electron chi connectivity index (χ0n) is 11.7. The van der Waals surface area contributed by atoms with Crippen molar-refractivity contribution in [2.45, 2.75) is 13.3 Å². The molecule has 0 N–H and O–H groups in total. The predicted octanol–water partition coefficient (Wildman–Crippen LogP) is 2.27.